The number of ether oxygens (including phenoxy) is 2. The van der Waals surface area contributed by atoms with Crippen molar-refractivity contribution in [1.82, 2.24) is 30.1 Å². The van der Waals surface area contributed by atoms with Gasteiger partial charge in [-0.1, -0.05) is 13.0 Å². The van der Waals surface area contributed by atoms with Crippen molar-refractivity contribution in [3.05, 3.63) is 71.7 Å². The lowest BCUT2D eigenvalue weighted by molar-refractivity contribution is -0.151. The molecule has 3 aromatic carbocycles. The molecular formula is C54H62F3N9O5. The topological polar surface area (TPSA) is 149 Å². The number of hydrogen-bond acceptors (Lipinski definition) is 13. The molecule has 2 atom stereocenters. The normalized spacial score (nSPS) is 24.6. The van der Waals surface area contributed by atoms with Crippen LogP contribution >= 0.6 is 0 Å². The van der Waals surface area contributed by atoms with Gasteiger partial charge < -0.3 is 34.6 Å². The molecule has 2 spiro atoms. The van der Waals surface area contributed by atoms with E-state index in [9.17, 15) is 14.7 Å². The Morgan fingerprint density at radius 3 is 2.42 bits per heavy atom. The van der Waals surface area contributed by atoms with Crippen LogP contribution in [-0.4, -0.2) is 131 Å². The Kier molecular flexibility index (Phi) is 11.8. The second-order valence-electron chi connectivity index (χ2n) is 21.8. The number of carbonyl (C=O) groups is 2. The van der Waals surface area contributed by atoms with Crippen molar-refractivity contribution in [3.63, 3.8) is 0 Å². The number of rotatable bonds is 12. The van der Waals surface area contributed by atoms with Gasteiger partial charge in [0.25, 0.3) is 0 Å². The Hall–Kier alpha value is -5.78. The van der Waals surface area contributed by atoms with Crippen molar-refractivity contribution in [2.24, 2.45) is 10.8 Å². The third-order valence-electron chi connectivity index (χ3n) is 17.2. The van der Waals surface area contributed by atoms with Crippen LogP contribution < -0.4 is 25.2 Å². The number of amides is 2. The summed E-state index contributed by atoms with van der Waals surface area (Å²) in [6.07, 6.45) is 12.2. The third kappa shape index (κ3) is 8.79. The number of piperazine rings is 1. The highest BCUT2D eigenvalue weighted by Crippen LogP contribution is 2.53. The number of nitrogens with one attached hydrogen (secondary N) is 2. The number of nitrogens with zero attached hydrogens (tertiary/aromatic N) is 7. The number of aromatic nitrogens is 3. The van der Waals surface area contributed by atoms with Crippen LogP contribution in [0.2, 0.25) is 0 Å². The number of hydrogen-bond donors (Lipinski definition) is 3. The van der Waals surface area contributed by atoms with Crippen molar-refractivity contribution in [2.45, 2.75) is 102 Å². The highest BCUT2D eigenvalue weighted by Gasteiger charge is 2.51. The smallest absolute Gasteiger partial charge is 0.319 e. The van der Waals surface area contributed by atoms with Gasteiger partial charge in [-0.05, 0) is 135 Å². The monoisotopic (exact) mass is 973 g/mol. The van der Waals surface area contributed by atoms with Crippen LogP contribution in [0.3, 0.4) is 0 Å². The Morgan fingerprint density at radius 2 is 1.70 bits per heavy atom. The van der Waals surface area contributed by atoms with E-state index in [1.807, 2.05) is 13.0 Å². The number of anilines is 3. The summed E-state index contributed by atoms with van der Waals surface area (Å²) in [5, 5.41) is 17.8. The van der Waals surface area contributed by atoms with E-state index in [4.69, 9.17) is 19.4 Å². The number of benzene rings is 3. The van der Waals surface area contributed by atoms with Crippen LogP contribution in [0.15, 0.2) is 48.7 Å². The quantitative estimate of drug-likeness (QED) is 0.105. The van der Waals surface area contributed by atoms with Gasteiger partial charge in [-0.15, -0.1) is 0 Å². The van der Waals surface area contributed by atoms with E-state index >= 15 is 13.2 Å². The largest absolute Gasteiger partial charge is 0.508 e. The molecule has 374 valence electrons. The second kappa shape index (κ2) is 18.1. The molecule has 2 amide bonds. The van der Waals surface area contributed by atoms with Gasteiger partial charge in [0.05, 0.1) is 29.9 Å². The number of phenolic OH excluding ortho intramolecular Hbond substituents is 1. The van der Waals surface area contributed by atoms with Gasteiger partial charge >= 0.3 is 6.01 Å². The zero-order valence-corrected chi connectivity index (χ0v) is 40.4. The fourth-order valence-corrected chi connectivity index (χ4v) is 12.8. The molecule has 2 unspecified atom stereocenters. The van der Waals surface area contributed by atoms with Gasteiger partial charge in [-0.25, -0.2) is 13.2 Å². The summed E-state index contributed by atoms with van der Waals surface area (Å²) in [7, 11) is 0. The SMILES string of the molecule is CCc1c(F)ccc2cc(O)cc(-c3ncc4c(N5CCCC6(CCO6)C5)nc(OCC5(CN6CCC7(CC6)CC(N6CCN(c8ccc(NC9CCC(=O)NC9=O)cc8F)CC6)C7)CC5)nc4c3F)c12. The first-order valence-corrected chi connectivity index (χ1v) is 25.8. The molecule has 0 radical (unpaired) electrons. The number of imide groups is 1. The van der Waals surface area contributed by atoms with Crippen molar-refractivity contribution < 1.29 is 37.3 Å². The van der Waals surface area contributed by atoms with Gasteiger partial charge in [0, 0.05) is 87.6 Å². The Bertz CT molecular complexity index is 2910. The number of halogens is 3. The molecule has 5 aliphatic heterocycles. The second-order valence-corrected chi connectivity index (χ2v) is 21.8. The summed E-state index contributed by atoms with van der Waals surface area (Å²) in [6, 6.07) is 11.1. The van der Waals surface area contributed by atoms with E-state index in [0.29, 0.717) is 81.9 Å². The van der Waals surface area contributed by atoms with Crippen LogP contribution in [0, 0.1) is 28.3 Å². The van der Waals surface area contributed by atoms with E-state index in [-0.39, 0.29) is 58.0 Å². The zero-order chi connectivity index (χ0) is 48.6. The van der Waals surface area contributed by atoms with Gasteiger partial charge in [-0.3, -0.25) is 24.8 Å². The highest BCUT2D eigenvalue weighted by atomic mass is 19.1. The molecule has 7 heterocycles. The number of fused-ring (bicyclic) bond motifs is 2. The molecule has 2 saturated carbocycles. The number of likely N-dealkylation sites (tertiary alicyclic amines) is 1. The minimum atomic E-state index is -0.676. The first-order chi connectivity index (χ1) is 34.4. The minimum absolute atomic E-state index is 0.0207. The fourth-order valence-electron chi connectivity index (χ4n) is 12.8. The first kappa shape index (κ1) is 46.3. The van der Waals surface area contributed by atoms with Crippen LogP contribution in [0.1, 0.15) is 83.1 Å². The standard InChI is InChI=1S/C54H62F3N9O5/c1-2-37-40(55)6-4-33-24-36(67)26-38(45(33)37)47-46(57)48-39(29-58-47)49(66-16-3-10-54(31-66)15-23-71-54)62-51(61-48)70-32-53(11-12-53)30-63-17-13-52(14-18-63)27-35(28-52)64-19-21-65(22-20-64)43-8-5-34(25-41(43)56)59-42-7-9-44(68)60-50(42)69/h4-6,8,24-26,29,35,42,59,67H,2-3,7,9-23,27-28,30-32H2,1H3,(H,60,68,69). The van der Waals surface area contributed by atoms with Crippen LogP contribution in [-0.2, 0) is 20.7 Å². The summed E-state index contributed by atoms with van der Waals surface area (Å²) in [5.74, 6) is -1.56. The van der Waals surface area contributed by atoms with E-state index in [2.05, 4.69) is 35.2 Å². The molecule has 17 heteroatoms. The average molecular weight is 974 g/mol. The number of phenols is 1. The van der Waals surface area contributed by atoms with E-state index in [1.165, 1.54) is 43.9 Å². The third-order valence-corrected chi connectivity index (χ3v) is 17.2. The van der Waals surface area contributed by atoms with Gasteiger partial charge in [0.15, 0.2) is 5.82 Å². The van der Waals surface area contributed by atoms with Gasteiger partial charge in [0.2, 0.25) is 11.8 Å². The molecule has 7 fully saturated rings. The average Bonchev–Trinajstić information content (AvgIpc) is 4.12. The Morgan fingerprint density at radius 1 is 0.901 bits per heavy atom. The first-order valence-electron chi connectivity index (χ1n) is 25.8. The summed E-state index contributed by atoms with van der Waals surface area (Å²) in [6.45, 7) is 10.6. The lowest BCUT2D eigenvalue weighted by atomic mass is 9.60. The lowest BCUT2D eigenvalue weighted by Crippen LogP contribution is -2.59. The van der Waals surface area contributed by atoms with Crippen LogP contribution in [0.5, 0.6) is 11.8 Å². The Labute approximate surface area is 411 Å². The van der Waals surface area contributed by atoms with Crippen molar-refractivity contribution in [1.29, 1.82) is 0 Å². The van der Waals surface area contributed by atoms with E-state index in [0.717, 1.165) is 91.1 Å². The number of carbonyl (C=O) groups excluding carboxylic acids is 2. The minimum Gasteiger partial charge on any atom is -0.508 e. The molecular weight excluding hydrogens is 912 g/mol. The number of aryl methyl sites for hydroxylation is 1. The molecule has 2 aliphatic carbocycles. The zero-order valence-electron chi connectivity index (χ0n) is 40.4. The molecule has 5 aromatic rings. The number of pyridine rings is 1. The predicted molar refractivity (Wildman–Crippen MR) is 264 cm³/mol. The summed E-state index contributed by atoms with van der Waals surface area (Å²) < 4.78 is 60.5. The highest BCUT2D eigenvalue weighted by molar-refractivity contribution is 6.02. The van der Waals surface area contributed by atoms with Gasteiger partial charge in [0.1, 0.15) is 40.5 Å². The molecule has 3 N–H and O–H groups in total. The van der Waals surface area contributed by atoms with Crippen molar-refractivity contribution in [2.75, 3.05) is 87.2 Å². The fraction of sp³-hybridized carbons (Fsp3) is 0.537. The van der Waals surface area contributed by atoms with E-state index in [1.54, 1.807) is 24.4 Å². The molecule has 14 nitrogen and oxygen atoms in total. The van der Waals surface area contributed by atoms with Crippen LogP contribution in [0.4, 0.5) is 30.4 Å². The summed E-state index contributed by atoms with van der Waals surface area (Å²) in [4.78, 5) is 47.6. The van der Waals surface area contributed by atoms with Gasteiger partial charge in [-0.2, -0.15) is 9.97 Å². The maximum Gasteiger partial charge on any atom is 0.319 e. The Balaban J connectivity index is 0.685. The molecule has 0 bridgehead atoms. The predicted octanol–water partition coefficient (Wildman–Crippen LogP) is 7.73. The number of aromatic hydroxyl groups is 1. The van der Waals surface area contributed by atoms with Crippen molar-refractivity contribution in [3.8, 4) is 23.0 Å². The molecule has 71 heavy (non-hydrogen) atoms. The molecule has 7 aliphatic rings. The molecule has 5 saturated heterocycles. The van der Waals surface area contributed by atoms with Crippen molar-refractivity contribution >= 4 is 50.7 Å². The van der Waals surface area contributed by atoms with Crippen LogP contribution in [0.25, 0.3) is 32.9 Å². The van der Waals surface area contributed by atoms with E-state index < -0.39 is 17.7 Å². The summed E-state index contributed by atoms with van der Waals surface area (Å²) in [5.41, 5.74) is 1.97. The summed E-state index contributed by atoms with van der Waals surface area (Å²) >= 11 is 0. The molecule has 12 rings (SSSR count). The maximum atomic E-state index is 17.2. The number of piperidine rings is 3. The molecule has 2 aromatic heterocycles. The maximum absolute atomic E-state index is 17.2. The lowest BCUT2D eigenvalue weighted by Gasteiger charge is -2.56.